The molecule has 0 aliphatic heterocycles. The lowest BCUT2D eigenvalue weighted by atomic mass is 10.1. The number of benzene rings is 2. The average molecular weight is 386 g/mol. The molecular weight excluding hydrogens is 364 g/mol. The summed E-state index contributed by atoms with van der Waals surface area (Å²) in [5, 5.41) is 7.17. The van der Waals surface area contributed by atoms with E-state index in [1.165, 1.54) is 5.56 Å². The molecule has 2 aromatic carbocycles. The first-order chi connectivity index (χ1) is 14.3. The summed E-state index contributed by atoms with van der Waals surface area (Å²) in [5.74, 6) is 1.30. The molecule has 1 N–H and O–H groups in total. The van der Waals surface area contributed by atoms with E-state index < -0.39 is 0 Å². The van der Waals surface area contributed by atoms with Crippen molar-refractivity contribution in [3.8, 4) is 17.0 Å². The van der Waals surface area contributed by atoms with E-state index in [0.29, 0.717) is 25.3 Å². The topological polar surface area (TPSA) is 73.0 Å². The van der Waals surface area contributed by atoms with Crippen LogP contribution in [0.5, 0.6) is 0 Å². The van der Waals surface area contributed by atoms with Crippen LogP contribution in [0.3, 0.4) is 0 Å². The second-order valence-corrected chi connectivity index (χ2v) is 6.70. The fourth-order valence-corrected chi connectivity index (χ4v) is 3.05. The fraction of sp³-hybridized carbons (Fsp3) is 0.174. The van der Waals surface area contributed by atoms with Crippen LogP contribution in [0.4, 0.5) is 0 Å². The van der Waals surface area contributed by atoms with Gasteiger partial charge in [-0.1, -0.05) is 42.5 Å². The normalized spacial score (nSPS) is 10.8. The van der Waals surface area contributed by atoms with Crippen LogP contribution in [-0.4, -0.2) is 27.2 Å². The minimum absolute atomic E-state index is 0.00220. The number of nitrogens with zero attached hydrogens (tertiary/aromatic N) is 3. The molecule has 6 nitrogen and oxygen atoms in total. The average Bonchev–Trinajstić information content (AvgIpc) is 3.46. The molecule has 6 heteroatoms. The third kappa shape index (κ3) is 4.99. The maximum atomic E-state index is 12.1. The summed E-state index contributed by atoms with van der Waals surface area (Å²) in [4.78, 5) is 16.4. The molecule has 29 heavy (non-hydrogen) atoms. The van der Waals surface area contributed by atoms with Gasteiger partial charge in [0.25, 0.3) is 0 Å². The standard InChI is InChI=1S/C23H22N4O2/c28-22(11-12-23-25-17-21(29-23)19-5-2-1-3-6-19)24-15-13-18-7-9-20(10-8-18)27-16-4-14-26-27/h1-10,14,16-17H,11-13,15H2,(H,24,28). The van der Waals surface area contributed by atoms with Crippen molar-refractivity contribution in [3.05, 3.63) is 90.7 Å². The van der Waals surface area contributed by atoms with E-state index in [0.717, 1.165) is 23.4 Å². The minimum Gasteiger partial charge on any atom is -0.441 e. The van der Waals surface area contributed by atoms with Crippen molar-refractivity contribution in [3.63, 3.8) is 0 Å². The summed E-state index contributed by atoms with van der Waals surface area (Å²) in [5.41, 5.74) is 3.17. The maximum absolute atomic E-state index is 12.1. The lowest BCUT2D eigenvalue weighted by Gasteiger charge is -2.06. The molecule has 4 aromatic rings. The molecule has 146 valence electrons. The molecule has 0 radical (unpaired) electrons. The van der Waals surface area contributed by atoms with Crippen molar-refractivity contribution >= 4 is 5.91 Å². The lowest BCUT2D eigenvalue weighted by molar-refractivity contribution is -0.121. The van der Waals surface area contributed by atoms with E-state index in [4.69, 9.17) is 4.42 Å². The van der Waals surface area contributed by atoms with Gasteiger partial charge in [-0.25, -0.2) is 9.67 Å². The number of carbonyl (C=O) groups is 1. The second-order valence-electron chi connectivity index (χ2n) is 6.70. The number of amides is 1. The van der Waals surface area contributed by atoms with E-state index in [9.17, 15) is 4.79 Å². The molecule has 0 saturated carbocycles. The first-order valence-corrected chi connectivity index (χ1v) is 9.64. The van der Waals surface area contributed by atoms with Crippen LogP contribution < -0.4 is 5.32 Å². The fourth-order valence-electron chi connectivity index (χ4n) is 3.05. The molecule has 0 fully saturated rings. The molecular formula is C23H22N4O2. The largest absolute Gasteiger partial charge is 0.441 e. The molecule has 0 saturated heterocycles. The molecule has 0 unspecified atom stereocenters. The summed E-state index contributed by atoms with van der Waals surface area (Å²) in [7, 11) is 0. The SMILES string of the molecule is O=C(CCc1ncc(-c2ccccc2)o1)NCCc1ccc(-n2cccn2)cc1. The molecule has 1 amide bonds. The third-order valence-corrected chi connectivity index (χ3v) is 4.62. The molecule has 2 aromatic heterocycles. The summed E-state index contributed by atoms with van der Waals surface area (Å²) >= 11 is 0. The highest BCUT2D eigenvalue weighted by Crippen LogP contribution is 2.20. The lowest BCUT2D eigenvalue weighted by Crippen LogP contribution is -2.25. The molecule has 0 aliphatic rings. The zero-order valence-electron chi connectivity index (χ0n) is 16.0. The Morgan fingerprint density at radius 3 is 2.59 bits per heavy atom. The summed E-state index contributed by atoms with van der Waals surface area (Å²) in [6.07, 6.45) is 6.98. The van der Waals surface area contributed by atoms with Crippen molar-refractivity contribution in [2.45, 2.75) is 19.3 Å². The highest BCUT2D eigenvalue weighted by Gasteiger charge is 2.09. The van der Waals surface area contributed by atoms with Gasteiger partial charge in [-0.05, 0) is 30.2 Å². The number of carbonyl (C=O) groups excluding carboxylic acids is 1. The number of hydrogen-bond acceptors (Lipinski definition) is 4. The predicted octanol–water partition coefficient (Wildman–Crippen LogP) is 3.82. The Kier molecular flexibility index (Phi) is 5.81. The van der Waals surface area contributed by atoms with Crippen LogP contribution in [0.15, 0.2) is 83.7 Å². The zero-order chi connectivity index (χ0) is 19.9. The van der Waals surface area contributed by atoms with Crippen molar-refractivity contribution in [1.82, 2.24) is 20.1 Å². The second kappa shape index (κ2) is 9.01. The van der Waals surface area contributed by atoms with Gasteiger partial charge >= 0.3 is 0 Å². The predicted molar refractivity (Wildman–Crippen MR) is 111 cm³/mol. The van der Waals surface area contributed by atoms with E-state index in [-0.39, 0.29) is 5.91 Å². The van der Waals surface area contributed by atoms with Crippen LogP contribution in [0.25, 0.3) is 17.0 Å². The van der Waals surface area contributed by atoms with Gasteiger partial charge in [-0.15, -0.1) is 0 Å². The Labute approximate surface area is 169 Å². The van der Waals surface area contributed by atoms with E-state index in [2.05, 4.69) is 27.5 Å². The quantitative estimate of drug-likeness (QED) is 0.500. The van der Waals surface area contributed by atoms with Gasteiger partial charge in [-0.3, -0.25) is 4.79 Å². The monoisotopic (exact) mass is 386 g/mol. The van der Waals surface area contributed by atoms with Gasteiger partial charge in [0.05, 0.1) is 11.9 Å². The molecule has 0 aliphatic carbocycles. The maximum Gasteiger partial charge on any atom is 0.220 e. The molecule has 0 spiro atoms. The van der Waals surface area contributed by atoms with Crippen LogP contribution in [0.2, 0.25) is 0 Å². The van der Waals surface area contributed by atoms with Crippen LogP contribution in [-0.2, 0) is 17.6 Å². The number of oxazole rings is 1. The molecule has 4 rings (SSSR count). The zero-order valence-corrected chi connectivity index (χ0v) is 16.0. The van der Waals surface area contributed by atoms with Crippen molar-refractivity contribution in [2.75, 3.05) is 6.54 Å². The Balaban J connectivity index is 1.20. The Hall–Kier alpha value is -3.67. The highest BCUT2D eigenvalue weighted by molar-refractivity contribution is 5.76. The number of hydrogen-bond donors (Lipinski definition) is 1. The number of aromatic nitrogens is 3. The van der Waals surface area contributed by atoms with Crippen LogP contribution in [0, 0.1) is 0 Å². The van der Waals surface area contributed by atoms with Crippen LogP contribution in [0.1, 0.15) is 17.9 Å². The Bertz CT molecular complexity index is 1040. The van der Waals surface area contributed by atoms with Gasteiger partial charge in [-0.2, -0.15) is 5.10 Å². The van der Waals surface area contributed by atoms with Crippen molar-refractivity contribution in [2.24, 2.45) is 0 Å². The van der Waals surface area contributed by atoms with Crippen molar-refractivity contribution < 1.29 is 9.21 Å². The van der Waals surface area contributed by atoms with Gasteiger partial charge in [0.1, 0.15) is 0 Å². The number of aryl methyl sites for hydroxylation is 1. The van der Waals surface area contributed by atoms with Gasteiger partial charge in [0.2, 0.25) is 5.91 Å². The van der Waals surface area contributed by atoms with Gasteiger partial charge < -0.3 is 9.73 Å². The Morgan fingerprint density at radius 1 is 1.00 bits per heavy atom. The number of rotatable bonds is 8. The van der Waals surface area contributed by atoms with E-state index in [1.54, 1.807) is 12.4 Å². The highest BCUT2D eigenvalue weighted by atomic mass is 16.4. The summed E-state index contributed by atoms with van der Waals surface area (Å²) < 4.78 is 7.55. The summed E-state index contributed by atoms with van der Waals surface area (Å²) in [6, 6.07) is 19.9. The molecule has 0 atom stereocenters. The first-order valence-electron chi connectivity index (χ1n) is 9.64. The van der Waals surface area contributed by atoms with Gasteiger partial charge in [0, 0.05) is 37.3 Å². The van der Waals surface area contributed by atoms with E-state index in [1.807, 2.05) is 59.4 Å². The Morgan fingerprint density at radius 2 is 1.83 bits per heavy atom. The summed E-state index contributed by atoms with van der Waals surface area (Å²) in [6.45, 7) is 0.598. The van der Waals surface area contributed by atoms with Gasteiger partial charge in [0.15, 0.2) is 11.7 Å². The van der Waals surface area contributed by atoms with Crippen molar-refractivity contribution in [1.29, 1.82) is 0 Å². The minimum atomic E-state index is -0.00220. The smallest absolute Gasteiger partial charge is 0.220 e. The molecule has 0 bridgehead atoms. The first kappa shape index (κ1) is 18.7. The number of nitrogens with one attached hydrogen (secondary N) is 1. The molecule has 2 heterocycles. The van der Waals surface area contributed by atoms with Crippen LogP contribution >= 0.6 is 0 Å². The van der Waals surface area contributed by atoms with E-state index >= 15 is 0 Å². The third-order valence-electron chi connectivity index (χ3n) is 4.62.